The molecule has 0 bridgehead atoms. The van der Waals surface area contributed by atoms with Crippen LogP contribution in [0.1, 0.15) is 31.2 Å². The Kier molecular flexibility index (Phi) is 6.86. The number of halogens is 1. The SMILES string of the molecule is COc1cc(CN2CCC[C@@H](CCC(=O)N3CCOCC3)C2)ccc1F. The van der Waals surface area contributed by atoms with Crippen LogP contribution in [-0.4, -0.2) is 62.2 Å². The van der Waals surface area contributed by atoms with Gasteiger partial charge in [0.1, 0.15) is 0 Å². The molecular weight excluding hydrogens is 335 g/mol. The predicted octanol–water partition coefficient (Wildman–Crippen LogP) is 2.69. The number of hydrogen-bond acceptors (Lipinski definition) is 4. The first-order chi connectivity index (χ1) is 12.7. The van der Waals surface area contributed by atoms with Gasteiger partial charge in [0.05, 0.1) is 20.3 Å². The zero-order chi connectivity index (χ0) is 18.4. The van der Waals surface area contributed by atoms with Crippen LogP contribution in [0.3, 0.4) is 0 Å². The van der Waals surface area contributed by atoms with Crippen LogP contribution >= 0.6 is 0 Å². The Morgan fingerprint density at radius 2 is 2.12 bits per heavy atom. The summed E-state index contributed by atoms with van der Waals surface area (Å²) in [6.45, 7) is 5.60. The van der Waals surface area contributed by atoms with E-state index in [1.54, 1.807) is 6.07 Å². The zero-order valence-electron chi connectivity index (χ0n) is 15.6. The molecule has 5 nitrogen and oxygen atoms in total. The highest BCUT2D eigenvalue weighted by molar-refractivity contribution is 5.76. The predicted molar refractivity (Wildman–Crippen MR) is 97.6 cm³/mol. The van der Waals surface area contributed by atoms with Gasteiger partial charge in [-0.15, -0.1) is 0 Å². The molecule has 6 heteroatoms. The van der Waals surface area contributed by atoms with E-state index >= 15 is 0 Å². The van der Waals surface area contributed by atoms with Crippen molar-refractivity contribution in [2.75, 3.05) is 46.5 Å². The van der Waals surface area contributed by atoms with Crippen LogP contribution in [0.2, 0.25) is 0 Å². The molecule has 2 fully saturated rings. The molecule has 2 aliphatic rings. The van der Waals surface area contributed by atoms with Gasteiger partial charge in [0.2, 0.25) is 5.91 Å². The van der Waals surface area contributed by atoms with E-state index in [0.29, 0.717) is 31.3 Å². The Hall–Kier alpha value is -1.66. The number of amides is 1. The summed E-state index contributed by atoms with van der Waals surface area (Å²) >= 11 is 0. The van der Waals surface area contributed by atoms with Crippen LogP contribution in [0.5, 0.6) is 5.75 Å². The maximum atomic E-state index is 13.6. The highest BCUT2D eigenvalue weighted by Gasteiger charge is 2.23. The normalized spacial score (nSPS) is 21.6. The van der Waals surface area contributed by atoms with Crippen molar-refractivity contribution in [1.82, 2.24) is 9.80 Å². The van der Waals surface area contributed by atoms with Gasteiger partial charge in [-0.2, -0.15) is 0 Å². The molecule has 0 saturated carbocycles. The average Bonchev–Trinajstić information content (AvgIpc) is 2.68. The summed E-state index contributed by atoms with van der Waals surface area (Å²) in [5, 5.41) is 0. The van der Waals surface area contributed by atoms with Crippen molar-refractivity contribution in [1.29, 1.82) is 0 Å². The average molecular weight is 364 g/mol. The Morgan fingerprint density at radius 1 is 1.31 bits per heavy atom. The smallest absolute Gasteiger partial charge is 0.222 e. The molecule has 2 aliphatic heterocycles. The molecule has 0 radical (unpaired) electrons. The lowest BCUT2D eigenvalue weighted by molar-refractivity contribution is -0.135. The van der Waals surface area contributed by atoms with Crippen LogP contribution in [0, 0.1) is 11.7 Å². The number of morpholine rings is 1. The number of methoxy groups -OCH3 is 1. The number of likely N-dealkylation sites (tertiary alicyclic amines) is 1. The van der Waals surface area contributed by atoms with Crippen LogP contribution in [0.4, 0.5) is 4.39 Å². The van der Waals surface area contributed by atoms with Crippen LogP contribution in [0.25, 0.3) is 0 Å². The molecular formula is C20H29FN2O3. The molecule has 0 N–H and O–H groups in total. The fraction of sp³-hybridized carbons (Fsp3) is 0.650. The number of nitrogens with zero attached hydrogens (tertiary/aromatic N) is 2. The second-order valence-corrected chi connectivity index (χ2v) is 7.24. The third-order valence-corrected chi connectivity index (χ3v) is 5.36. The van der Waals surface area contributed by atoms with Gasteiger partial charge in [0.25, 0.3) is 0 Å². The van der Waals surface area contributed by atoms with Gasteiger partial charge >= 0.3 is 0 Å². The van der Waals surface area contributed by atoms with Crippen molar-refractivity contribution in [3.8, 4) is 5.75 Å². The first-order valence-corrected chi connectivity index (χ1v) is 9.56. The molecule has 2 heterocycles. The zero-order valence-corrected chi connectivity index (χ0v) is 15.6. The van der Waals surface area contributed by atoms with Gasteiger partial charge in [0.15, 0.2) is 11.6 Å². The number of carbonyl (C=O) groups is 1. The second kappa shape index (κ2) is 9.33. The fourth-order valence-corrected chi connectivity index (χ4v) is 3.89. The van der Waals surface area contributed by atoms with Crippen molar-refractivity contribution in [2.24, 2.45) is 5.92 Å². The number of carbonyl (C=O) groups excluding carboxylic acids is 1. The molecule has 2 saturated heterocycles. The Balaban J connectivity index is 1.47. The maximum absolute atomic E-state index is 13.6. The van der Waals surface area contributed by atoms with Crippen molar-refractivity contribution < 1.29 is 18.7 Å². The Morgan fingerprint density at radius 3 is 2.88 bits per heavy atom. The Bertz CT molecular complexity index is 605. The van der Waals surface area contributed by atoms with E-state index in [-0.39, 0.29) is 11.7 Å². The third kappa shape index (κ3) is 5.17. The summed E-state index contributed by atoms with van der Waals surface area (Å²) in [4.78, 5) is 16.7. The topological polar surface area (TPSA) is 42.0 Å². The largest absolute Gasteiger partial charge is 0.494 e. The quantitative estimate of drug-likeness (QED) is 0.778. The first kappa shape index (κ1) is 19.1. The molecule has 1 amide bonds. The van der Waals surface area contributed by atoms with E-state index in [9.17, 15) is 9.18 Å². The summed E-state index contributed by atoms with van der Waals surface area (Å²) in [6, 6.07) is 5.07. The van der Waals surface area contributed by atoms with E-state index in [1.807, 2.05) is 11.0 Å². The molecule has 0 aliphatic carbocycles. The molecule has 0 spiro atoms. The van der Waals surface area contributed by atoms with Gasteiger partial charge in [-0.25, -0.2) is 4.39 Å². The van der Waals surface area contributed by atoms with Crippen LogP contribution in [0.15, 0.2) is 18.2 Å². The van der Waals surface area contributed by atoms with Gasteiger partial charge in [0, 0.05) is 32.6 Å². The van der Waals surface area contributed by atoms with Crippen LogP contribution < -0.4 is 4.74 Å². The molecule has 1 atom stereocenters. The molecule has 0 aromatic heterocycles. The van der Waals surface area contributed by atoms with Gasteiger partial charge in [-0.05, 0) is 49.4 Å². The number of ether oxygens (including phenoxy) is 2. The van der Waals surface area contributed by atoms with Crippen molar-refractivity contribution in [3.05, 3.63) is 29.6 Å². The highest BCUT2D eigenvalue weighted by atomic mass is 19.1. The fourth-order valence-electron chi connectivity index (χ4n) is 3.89. The lowest BCUT2D eigenvalue weighted by Crippen LogP contribution is -2.41. The first-order valence-electron chi connectivity index (χ1n) is 9.56. The standard InChI is InChI=1S/C20H29FN2O3/c1-25-19-13-17(4-6-18(19)21)15-22-8-2-3-16(14-22)5-7-20(24)23-9-11-26-12-10-23/h4,6,13,16H,2-3,5,7-12,14-15H2,1H3/t16-/m0/s1. The summed E-state index contributed by atoms with van der Waals surface area (Å²) in [5.74, 6) is 0.784. The number of hydrogen-bond donors (Lipinski definition) is 0. The summed E-state index contributed by atoms with van der Waals surface area (Å²) in [6.07, 6.45) is 3.90. The molecule has 144 valence electrons. The van der Waals surface area contributed by atoms with Crippen molar-refractivity contribution >= 4 is 5.91 Å². The molecule has 1 aromatic carbocycles. The molecule has 1 aromatic rings. The Labute approximate surface area is 155 Å². The maximum Gasteiger partial charge on any atom is 0.222 e. The lowest BCUT2D eigenvalue weighted by Gasteiger charge is -2.33. The van der Waals surface area contributed by atoms with E-state index in [2.05, 4.69) is 4.90 Å². The summed E-state index contributed by atoms with van der Waals surface area (Å²) in [7, 11) is 1.49. The minimum Gasteiger partial charge on any atom is -0.494 e. The van der Waals surface area contributed by atoms with E-state index in [1.165, 1.54) is 19.6 Å². The third-order valence-electron chi connectivity index (χ3n) is 5.36. The monoisotopic (exact) mass is 364 g/mol. The molecule has 3 rings (SSSR count). The summed E-state index contributed by atoms with van der Waals surface area (Å²) < 4.78 is 23.9. The minimum absolute atomic E-state index is 0.258. The van der Waals surface area contributed by atoms with Gasteiger partial charge < -0.3 is 14.4 Å². The molecule has 26 heavy (non-hydrogen) atoms. The van der Waals surface area contributed by atoms with Crippen LogP contribution in [-0.2, 0) is 16.1 Å². The number of rotatable bonds is 6. The lowest BCUT2D eigenvalue weighted by atomic mass is 9.92. The van der Waals surface area contributed by atoms with Crippen molar-refractivity contribution in [3.63, 3.8) is 0 Å². The number of piperidine rings is 1. The van der Waals surface area contributed by atoms with Gasteiger partial charge in [-0.1, -0.05) is 6.07 Å². The van der Waals surface area contributed by atoms with Gasteiger partial charge in [-0.3, -0.25) is 9.69 Å². The van der Waals surface area contributed by atoms with Crippen molar-refractivity contribution in [2.45, 2.75) is 32.2 Å². The number of benzene rings is 1. The summed E-state index contributed by atoms with van der Waals surface area (Å²) in [5.41, 5.74) is 1.06. The second-order valence-electron chi connectivity index (χ2n) is 7.24. The highest BCUT2D eigenvalue weighted by Crippen LogP contribution is 2.25. The van der Waals surface area contributed by atoms with E-state index < -0.39 is 0 Å². The van der Waals surface area contributed by atoms with E-state index in [4.69, 9.17) is 9.47 Å². The minimum atomic E-state index is -0.325. The van der Waals surface area contributed by atoms with E-state index in [0.717, 1.165) is 51.1 Å². The molecule has 0 unspecified atom stereocenters.